The second-order valence-electron chi connectivity index (χ2n) is 5.43. The molecule has 2 aromatic carbocycles. The molecule has 1 aliphatic rings. The van der Waals surface area contributed by atoms with Crippen LogP contribution < -0.4 is 15.4 Å². The van der Waals surface area contributed by atoms with E-state index in [9.17, 15) is 9.90 Å². The van der Waals surface area contributed by atoms with E-state index >= 15 is 0 Å². The fraction of sp³-hybridized carbons (Fsp3) is 0.167. The van der Waals surface area contributed by atoms with Gasteiger partial charge in [0.25, 0.3) is 5.91 Å². The van der Waals surface area contributed by atoms with Gasteiger partial charge in [-0.05, 0) is 36.8 Å². The Hall–Kier alpha value is -2.79. The SMILES string of the molecule is Cc1cccc(/C=C2/Oc3ccc(N)cc3N(CCO)C2=O)c1. The van der Waals surface area contributed by atoms with Gasteiger partial charge < -0.3 is 15.6 Å². The summed E-state index contributed by atoms with van der Waals surface area (Å²) in [5, 5.41) is 9.26. The van der Waals surface area contributed by atoms with E-state index in [0.29, 0.717) is 17.1 Å². The van der Waals surface area contributed by atoms with Crippen LogP contribution in [-0.2, 0) is 4.79 Å². The molecule has 0 spiro atoms. The molecule has 3 rings (SSSR count). The lowest BCUT2D eigenvalue weighted by Crippen LogP contribution is -2.39. The normalized spacial score (nSPS) is 15.5. The third-order valence-corrected chi connectivity index (χ3v) is 3.61. The van der Waals surface area contributed by atoms with E-state index in [1.54, 1.807) is 24.3 Å². The molecule has 0 radical (unpaired) electrons. The van der Waals surface area contributed by atoms with E-state index in [2.05, 4.69) is 0 Å². The molecule has 0 saturated heterocycles. The zero-order chi connectivity index (χ0) is 16.4. The van der Waals surface area contributed by atoms with Crippen molar-refractivity contribution in [3.8, 4) is 5.75 Å². The highest BCUT2D eigenvalue weighted by Gasteiger charge is 2.30. The fourth-order valence-corrected chi connectivity index (χ4v) is 2.56. The van der Waals surface area contributed by atoms with Gasteiger partial charge in [-0.1, -0.05) is 29.8 Å². The monoisotopic (exact) mass is 310 g/mol. The molecule has 0 unspecified atom stereocenters. The lowest BCUT2D eigenvalue weighted by Gasteiger charge is -2.30. The van der Waals surface area contributed by atoms with Gasteiger partial charge in [0.2, 0.25) is 0 Å². The average Bonchev–Trinajstić information content (AvgIpc) is 2.52. The summed E-state index contributed by atoms with van der Waals surface area (Å²) < 4.78 is 5.75. The van der Waals surface area contributed by atoms with E-state index in [1.165, 1.54) is 4.90 Å². The minimum absolute atomic E-state index is 0.141. The smallest absolute Gasteiger partial charge is 0.294 e. The number of amides is 1. The lowest BCUT2D eigenvalue weighted by molar-refractivity contribution is -0.117. The van der Waals surface area contributed by atoms with Crippen molar-refractivity contribution in [1.82, 2.24) is 0 Å². The third kappa shape index (κ3) is 3.05. The topological polar surface area (TPSA) is 75.8 Å². The van der Waals surface area contributed by atoms with Crippen LogP contribution in [0.5, 0.6) is 5.75 Å². The summed E-state index contributed by atoms with van der Waals surface area (Å²) in [4.78, 5) is 14.1. The molecular formula is C18H18N2O3. The van der Waals surface area contributed by atoms with Crippen LogP contribution in [0.25, 0.3) is 6.08 Å². The summed E-state index contributed by atoms with van der Waals surface area (Å²) in [5.74, 6) is 0.478. The molecule has 1 heterocycles. The Morgan fingerprint density at radius 3 is 2.83 bits per heavy atom. The molecule has 3 N–H and O–H groups in total. The molecule has 0 fully saturated rings. The van der Waals surface area contributed by atoms with Crippen molar-refractivity contribution in [3.63, 3.8) is 0 Å². The van der Waals surface area contributed by atoms with Crippen molar-refractivity contribution in [2.75, 3.05) is 23.8 Å². The van der Waals surface area contributed by atoms with Crippen molar-refractivity contribution in [2.24, 2.45) is 0 Å². The van der Waals surface area contributed by atoms with Crippen molar-refractivity contribution in [2.45, 2.75) is 6.92 Å². The van der Waals surface area contributed by atoms with Crippen LogP contribution >= 0.6 is 0 Å². The van der Waals surface area contributed by atoms with Gasteiger partial charge in [-0.3, -0.25) is 9.69 Å². The standard InChI is InChI=1S/C18H18N2O3/c1-12-3-2-4-13(9-12)10-17-18(22)20(7-8-21)15-11-14(19)5-6-16(15)23-17/h2-6,9-11,21H,7-8,19H2,1H3/b17-10+. The van der Waals surface area contributed by atoms with Gasteiger partial charge in [-0.2, -0.15) is 0 Å². The van der Waals surface area contributed by atoms with Crippen molar-refractivity contribution >= 4 is 23.4 Å². The summed E-state index contributed by atoms with van der Waals surface area (Å²) >= 11 is 0. The van der Waals surface area contributed by atoms with Crippen molar-refractivity contribution in [3.05, 3.63) is 59.4 Å². The number of aryl methyl sites for hydroxylation is 1. The third-order valence-electron chi connectivity index (χ3n) is 3.61. The maximum absolute atomic E-state index is 12.7. The fourth-order valence-electron chi connectivity index (χ4n) is 2.56. The van der Waals surface area contributed by atoms with Crippen molar-refractivity contribution < 1.29 is 14.6 Å². The second-order valence-corrected chi connectivity index (χ2v) is 5.43. The number of hydrogen-bond acceptors (Lipinski definition) is 4. The molecule has 0 saturated carbocycles. The number of nitrogen functional groups attached to an aromatic ring is 1. The Bertz CT molecular complexity index is 784. The Balaban J connectivity index is 2.04. The number of benzene rings is 2. The molecule has 0 atom stereocenters. The summed E-state index contributed by atoms with van der Waals surface area (Å²) in [7, 11) is 0. The van der Waals surface area contributed by atoms with Crippen LogP contribution in [-0.4, -0.2) is 24.2 Å². The van der Waals surface area contributed by atoms with Gasteiger partial charge in [0, 0.05) is 12.2 Å². The van der Waals surface area contributed by atoms with Gasteiger partial charge in [0.1, 0.15) is 0 Å². The number of β-amino-alcohol motifs (C(OH)–C–C–N with tert-alkyl or cyclic N) is 1. The van der Waals surface area contributed by atoms with E-state index < -0.39 is 0 Å². The van der Waals surface area contributed by atoms with Gasteiger partial charge in [0.15, 0.2) is 11.5 Å². The predicted molar refractivity (Wildman–Crippen MR) is 90.1 cm³/mol. The molecule has 2 aromatic rings. The highest BCUT2D eigenvalue weighted by molar-refractivity contribution is 6.10. The largest absolute Gasteiger partial charge is 0.449 e. The Morgan fingerprint density at radius 1 is 1.26 bits per heavy atom. The first-order valence-corrected chi connectivity index (χ1v) is 7.37. The zero-order valence-corrected chi connectivity index (χ0v) is 12.8. The van der Waals surface area contributed by atoms with Gasteiger partial charge in [-0.25, -0.2) is 0 Å². The van der Waals surface area contributed by atoms with Gasteiger partial charge in [0.05, 0.1) is 12.3 Å². The summed E-state index contributed by atoms with van der Waals surface area (Å²) in [6.45, 7) is 2.03. The number of carbonyl (C=O) groups excluding carboxylic acids is 1. The molecule has 0 aromatic heterocycles. The molecule has 0 aliphatic carbocycles. The van der Waals surface area contributed by atoms with Gasteiger partial charge >= 0.3 is 0 Å². The summed E-state index contributed by atoms with van der Waals surface area (Å²) in [6, 6.07) is 12.9. The number of aliphatic hydroxyl groups is 1. The van der Waals surface area contributed by atoms with Crippen LogP contribution in [0, 0.1) is 6.92 Å². The first-order chi connectivity index (χ1) is 11.1. The molecule has 0 bridgehead atoms. The summed E-state index contributed by atoms with van der Waals surface area (Å²) in [5.41, 5.74) is 8.89. The second kappa shape index (κ2) is 6.14. The molecule has 5 nitrogen and oxygen atoms in total. The van der Waals surface area contributed by atoms with Crippen LogP contribution in [0.3, 0.4) is 0 Å². The highest BCUT2D eigenvalue weighted by Crippen LogP contribution is 2.37. The van der Waals surface area contributed by atoms with Crippen molar-refractivity contribution in [1.29, 1.82) is 0 Å². The molecule has 1 aliphatic heterocycles. The number of fused-ring (bicyclic) bond motifs is 1. The number of aliphatic hydroxyl groups excluding tert-OH is 1. The van der Waals surface area contributed by atoms with Crippen LogP contribution in [0.1, 0.15) is 11.1 Å². The van der Waals surface area contributed by atoms with Crippen LogP contribution in [0.2, 0.25) is 0 Å². The number of carbonyl (C=O) groups is 1. The first kappa shape index (κ1) is 15.1. The number of nitrogens with two attached hydrogens (primary N) is 1. The molecule has 5 heteroatoms. The minimum Gasteiger partial charge on any atom is -0.449 e. The molecule has 23 heavy (non-hydrogen) atoms. The molecule has 118 valence electrons. The van der Waals surface area contributed by atoms with E-state index in [4.69, 9.17) is 10.5 Å². The van der Waals surface area contributed by atoms with E-state index in [0.717, 1.165) is 11.1 Å². The number of anilines is 2. The number of ether oxygens (including phenoxy) is 1. The number of nitrogens with zero attached hydrogens (tertiary/aromatic N) is 1. The quantitative estimate of drug-likeness (QED) is 0.674. The molecule has 1 amide bonds. The predicted octanol–water partition coefficient (Wildman–Crippen LogP) is 2.34. The zero-order valence-electron chi connectivity index (χ0n) is 12.8. The Labute approximate surface area is 134 Å². The maximum Gasteiger partial charge on any atom is 0.294 e. The Morgan fingerprint density at radius 2 is 2.09 bits per heavy atom. The van der Waals surface area contributed by atoms with E-state index in [-0.39, 0.29) is 24.8 Å². The Kier molecular flexibility index (Phi) is 4.04. The maximum atomic E-state index is 12.7. The number of hydrogen-bond donors (Lipinski definition) is 2. The molecular weight excluding hydrogens is 292 g/mol. The highest BCUT2D eigenvalue weighted by atomic mass is 16.5. The minimum atomic E-state index is -0.293. The van der Waals surface area contributed by atoms with Crippen LogP contribution in [0.4, 0.5) is 11.4 Å². The lowest BCUT2D eigenvalue weighted by atomic mass is 10.1. The van der Waals surface area contributed by atoms with E-state index in [1.807, 2.05) is 31.2 Å². The first-order valence-electron chi connectivity index (χ1n) is 7.37. The average molecular weight is 310 g/mol. The summed E-state index contributed by atoms with van der Waals surface area (Å²) in [6.07, 6.45) is 1.71. The van der Waals surface area contributed by atoms with Gasteiger partial charge in [-0.15, -0.1) is 0 Å². The number of rotatable bonds is 3. The van der Waals surface area contributed by atoms with Crippen LogP contribution in [0.15, 0.2) is 48.2 Å².